The smallest absolute Gasteiger partial charge is 0.116 e. The van der Waals surface area contributed by atoms with Gasteiger partial charge in [0.25, 0.3) is 0 Å². The molecule has 5 aromatic rings. The minimum Gasteiger partial charge on any atom is -0.353 e. The molecule has 1 aliphatic rings. The van der Waals surface area contributed by atoms with Crippen molar-refractivity contribution in [1.82, 2.24) is 25.5 Å². The molecule has 1 saturated heterocycles. The SMILES string of the molecule is CCc1ccc(-c2nccc3[nH]c(-c4n[nH]c5ccc(C6CCNCC6)cc45)cc23)s1. The molecule has 6 heteroatoms. The van der Waals surface area contributed by atoms with Gasteiger partial charge in [0, 0.05) is 27.4 Å². The fourth-order valence-corrected chi connectivity index (χ4v) is 5.68. The minimum atomic E-state index is 0.624. The Hall–Kier alpha value is -2.96. The lowest BCUT2D eigenvalue weighted by Crippen LogP contribution is -2.26. The molecule has 0 bridgehead atoms. The first-order valence-electron chi connectivity index (χ1n) is 11.1. The van der Waals surface area contributed by atoms with Crippen LogP contribution in [0.4, 0.5) is 0 Å². The van der Waals surface area contributed by atoms with Crippen molar-refractivity contribution in [3.05, 3.63) is 59.1 Å². The monoisotopic (exact) mass is 427 g/mol. The van der Waals surface area contributed by atoms with Crippen molar-refractivity contribution in [2.45, 2.75) is 32.1 Å². The second-order valence-electron chi connectivity index (χ2n) is 8.32. The summed E-state index contributed by atoms with van der Waals surface area (Å²) in [6.07, 6.45) is 5.33. The van der Waals surface area contributed by atoms with Crippen molar-refractivity contribution < 1.29 is 0 Å². The second-order valence-corrected chi connectivity index (χ2v) is 9.49. The van der Waals surface area contributed by atoms with Gasteiger partial charge < -0.3 is 10.3 Å². The number of pyridine rings is 1. The van der Waals surface area contributed by atoms with E-state index in [1.165, 1.54) is 33.5 Å². The van der Waals surface area contributed by atoms with Gasteiger partial charge in [-0.15, -0.1) is 11.3 Å². The third-order valence-corrected chi connectivity index (χ3v) is 7.68. The van der Waals surface area contributed by atoms with E-state index in [0.717, 1.165) is 53.0 Å². The Morgan fingerprint density at radius 1 is 0.968 bits per heavy atom. The molecule has 0 amide bonds. The van der Waals surface area contributed by atoms with Gasteiger partial charge >= 0.3 is 0 Å². The number of hydrogen-bond acceptors (Lipinski definition) is 4. The molecule has 1 aliphatic heterocycles. The van der Waals surface area contributed by atoms with Crippen molar-refractivity contribution in [3.63, 3.8) is 0 Å². The van der Waals surface area contributed by atoms with Crippen LogP contribution in [-0.2, 0) is 6.42 Å². The van der Waals surface area contributed by atoms with E-state index < -0.39 is 0 Å². The summed E-state index contributed by atoms with van der Waals surface area (Å²) in [6.45, 7) is 4.39. The zero-order valence-electron chi connectivity index (χ0n) is 17.5. The normalized spacial score (nSPS) is 15.3. The number of nitrogens with zero attached hydrogens (tertiary/aromatic N) is 2. The van der Waals surface area contributed by atoms with E-state index in [-0.39, 0.29) is 0 Å². The average Bonchev–Trinajstić information content (AvgIpc) is 3.56. The Balaban J connectivity index is 1.45. The summed E-state index contributed by atoms with van der Waals surface area (Å²) in [6, 6.07) is 15.4. The number of aryl methyl sites for hydroxylation is 1. The van der Waals surface area contributed by atoms with Crippen LogP contribution in [0.25, 0.3) is 43.8 Å². The molecule has 5 heterocycles. The summed E-state index contributed by atoms with van der Waals surface area (Å²) >= 11 is 1.82. The van der Waals surface area contributed by atoms with Crippen molar-refractivity contribution in [3.8, 4) is 22.0 Å². The molecule has 0 saturated carbocycles. The van der Waals surface area contributed by atoms with Gasteiger partial charge in [0.1, 0.15) is 5.69 Å². The maximum Gasteiger partial charge on any atom is 0.116 e. The molecule has 5 nitrogen and oxygen atoms in total. The number of H-pyrrole nitrogens is 2. The molecule has 1 aromatic carbocycles. The van der Waals surface area contributed by atoms with Crippen LogP contribution in [-0.4, -0.2) is 33.3 Å². The number of thiophene rings is 1. The summed E-state index contributed by atoms with van der Waals surface area (Å²) in [4.78, 5) is 10.9. The highest BCUT2D eigenvalue weighted by molar-refractivity contribution is 7.15. The van der Waals surface area contributed by atoms with Gasteiger partial charge in [0.05, 0.1) is 21.8 Å². The summed E-state index contributed by atoms with van der Waals surface area (Å²) < 4.78 is 0. The third-order valence-electron chi connectivity index (χ3n) is 6.44. The van der Waals surface area contributed by atoms with Gasteiger partial charge in [-0.25, -0.2) is 0 Å². The van der Waals surface area contributed by atoms with Crippen LogP contribution in [0.5, 0.6) is 0 Å². The zero-order chi connectivity index (χ0) is 20.8. The van der Waals surface area contributed by atoms with Crippen LogP contribution < -0.4 is 5.32 Å². The molecule has 4 aromatic heterocycles. The highest BCUT2D eigenvalue weighted by atomic mass is 32.1. The number of aromatic nitrogens is 4. The topological polar surface area (TPSA) is 69.4 Å². The fraction of sp³-hybridized carbons (Fsp3) is 0.280. The van der Waals surface area contributed by atoms with Gasteiger partial charge in [-0.05, 0) is 80.2 Å². The first-order valence-corrected chi connectivity index (χ1v) is 11.9. The molecular weight excluding hydrogens is 402 g/mol. The van der Waals surface area contributed by atoms with E-state index in [0.29, 0.717) is 5.92 Å². The molecular formula is C25H25N5S. The summed E-state index contributed by atoms with van der Waals surface area (Å²) in [7, 11) is 0. The molecule has 0 spiro atoms. The highest BCUT2D eigenvalue weighted by Gasteiger charge is 2.19. The second kappa shape index (κ2) is 7.62. The number of benzene rings is 1. The predicted molar refractivity (Wildman–Crippen MR) is 129 cm³/mol. The molecule has 0 radical (unpaired) electrons. The molecule has 0 atom stereocenters. The van der Waals surface area contributed by atoms with Gasteiger partial charge in [-0.2, -0.15) is 5.10 Å². The van der Waals surface area contributed by atoms with Crippen molar-refractivity contribution in [1.29, 1.82) is 0 Å². The van der Waals surface area contributed by atoms with E-state index in [1.807, 2.05) is 23.6 Å². The number of aromatic amines is 2. The standard InChI is InChI=1S/C25H25N5S/c1-2-17-4-6-23(31-17)25-19-14-22(28-20(19)9-12-27-25)24-18-13-16(3-5-21(18)29-30-24)15-7-10-26-11-8-15/h3-6,9,12-15,26,28H,2,7-8,10-11H2,1H3,(H,29,30). The van der Waals surface area contributed by atoms with Crippen LogP contribution in [0.15, 0.2) is 48.7 Å². The zero-order valence-corrected chi connectivity index (χ0v) is 18.4. The molecule has 6 rings (SSSR count). The molecule has 156 valence electrons. The Labute approximate surface area is 184 Å². The lowest BCUT2D eigenvalue weighted by Gasteiger charge is -2.23. The molecule has 0 unspecified atom stereocenters. The Morgan fingerprint density at radius 2 is 1.84 bits per heavy atom. The maximum atomic E-state index is 4.71. The average molecular weight is 428 g/mol. The minimum absolute atomic E-state index is 0.624. The summed E-state index contributed by atoms with van der Waals surface area (Å²) in [5, 5.41) is 13.7. The lowest BCUT2D eigenvalue weighted by molar-refractivity contribution is 0.460. The van der Waals surface area contributed by atoms with Gasteiger partial charge in [0.15, 0.2) is 0 Å². The summed E-state index contributed by atoms with van der Waals surface area (Å²) in [5.74, 6) is 0.624. The Morgan fingerprint density at radius 3 is 2.68 bits per heavy atom. The summed E-state index contributed by atoms with van der Waals surface area (Å²) in [5.41, 5.74) is 6.65. The van der Waals surface area contributed by atoms with Crippen LogP contribution >= 0.6 is 11.3 Å². The van der Waals surface area contributed by atoms with Crippen LogP contribution in [0.3, 0.4) is 0 Å². The number of nitrogens with one attached hydrogen (secondary N) is 3. The van der Waals surface area contributed by atoms with E-state index in [4.69, 9.17) is 4.98 Å². The van der Waals surface area contributed by atoms with Gasteiger partial charge in [-0.1, -0.05) is 13.0 Å². The maximum absolute atomic E-state index is 4.71. The Kier molecular flexibility index (Phi) is 4.62. The Bertz CT molecular complexity index is 1370. The fourth-order valence-electron chi connectivity index (χ4n) is 4.72. The molecule has 3 N–H and O–H groups in total. The van der Waals surface area contributed by atoms with Crippen LogP contribution in [0, 0.1) is 0 Å². The van der Waals surface area contributed by atoms with Crippen LogP contribution in [0.1, 0.15) is 36.1 Å². The molecule has 0 aliphatic carbocycles. The molecule has 31 heavy (non-hydrogen) atoms. The van der Waals surface area contributed by atoms with E-state index >= 15 is 0 Å². The van der Waals surface area contributed by atoms with Gasteiger partial charge in [0.2, 0.25) is 0 Å². The largest absolute Gasteiger partial charge is 0.353 e. The number of hydrogen-bond donors (Lipinski definition) is 3. The number of piperidine rings is 1. The van der Waals surface area contributed by atoms with Crippen molar-refractivity contribution in [2.24, 2.45) is 0 Å². The molecule has 1 fully saturated rings. The van der Waals surface area contributed by atoms with E-state index in [1.54, 1.807) is 0 Å². The number of rotatable bonds is 4. The first-order chi connectivity index (χ1) is 15.3. The van der Waals surface area contributed by atoms with Gasteiger partial charge in [-0.3, -0.25) is 10.1 Å². The van der Waals surface area contributed by atoms with Crippen molar-refractivity contribution in [2.75, 3.05) is 13.1 Å². The number of fused-ring (bicyclic) bond motifs is 2. The third kappa shape index (κ3) is 3.27. The quantitative estimate of drug-likeness (QED) is 0.336. The highest BCUT2D eigenvalue weighted by Crippen LogP contribution is 2.36. The first kappa shape index (κ1) is 18.8. The van der Waals surface area contributed by atoms with Crippen LogP contribution in [0.2, 0.25) is 0 Å². The van der Waals surface area contributed by atoms with Crippen molar-refractivity contribution >= 4 is 33.1 Å². The predicted octanol–water partition coefficient (Wildman–Crippen LogP) is 5.86. The lowest BCUT2D eigenvalue weighted by atomic mass is 9.89. The van der Waals surface area contributed by atoms with E-state index in [9.17, 15) is 0 Å². The van der Waals surface area contributed by atoms with E-state index in [2.05, 4.69) is 63.8 Å².